The average molecular weight is 287 g/mol. The standard InChI is InChI=1S/C18H25NO2/c1-4-14-6-5-11-18(12-14,13-19)17(2,20)15-7-9-16(21-3)10-8-15/h7-10,14,20H,4-6,11-12H2,1-3H3. The van der Waals surface area contributed by atoms with Crippen LogP contribution in [0.2, 0.25) is 0 Å². The maximum Gasteiger partial charge on any atom is 0.118 e. The predicted octanol–water partition coefficient (Wildman–Crippen LogP) is 4.01. The van der Waals surface area contributed by atoms with Crippen LogP contribution in [0.15, 0.2) is 24.3 Å². The molecule has 0 saturated heterocycles. The normalized spacial score (nSPS) is 28.4. The first-order chi connectivity index (χ1) is 9.99. The Bertz CT molecular complexity index is 515. The fourth-order valence-electron chi connectivity index (χ4n) is 3.58. The summed E-state index contributed by atoms with van der Waals surface area (Å²) in [6, 6.07) is 9.89. The Morgan fingerprint density at radius 1 is 1.43 bits per heavy atom. The Hall–Kier alpha value is -1.53. The molecule has 3 unspecified atom stereocenters. The van der Waals surface area contributed by atoms with Crippen molar-refractivity contribution >= 4 is 0 Å². The monoisotopic (exact) mass is 287 g/mol. The number of ether oxygens (including phenoxy) is 1. The molecule has 3 heteroatoms. The van der Waals surface area contributed by atoms with Gasteiger partial charge in [-0.3, -0.25) is 0 Å². The molecule has 1 aromatic rings. The molecule has 0 aliphatic heterocycles. The third-order valence-corrected chi connectivity index (χ3v) is 5.23. The minimum atomic E-state index is -1.14. The fourth-order valence-corrected chi connectivity index (χ4v) is 3.58. The zero-order valence-electron chi connectivity index (χ0n) is 13.2. The maximum absolute atomic E-state index is 11.2. The van der Waals surface area contributed by atoms with Gasteiger partial charge < -0.3 is 9.84 Å². The van der Waals surface area contributed by atoms with Crippen molar-refractivity contribution in [1.29, 1.82) is 5.26 Å². The van der Waals surface area contributed by atoms with Crippen LogP contribution in [0.25, 0.3) is 0 Å². The number of hydrogen-bond donors (Lipinski definition) is 1. The first kappa shape index (κ1) is 15.9. The second-order valence-corrected chi connectivity index (χ2v) is 6.37. The van der Waals surface area contributed by atoms with Crippen molar-refractivity contribution in [3.63, 3.8) is 0 Å². The number of nitrogens with zero attached hydrogens (tertiary/aromatic N) is 1. The zero-order valence-corrected chi connectivity index (χ0v) is 13.2. The van der Waals surface area contributed by atoms with Gasteiger partial charge in [0.15, 0.2) is 0 Å². The van der Waals surface area contributed by atoms with E-state index >= 15 is 0 Å². The largest absolute Gasteiger partial charge is 0.497 e. The summed E-state index contributed by atoms with van der Waals surface area (Å²) >= 11 is 0. The highest BCUT2D eigenvalue weighted by Gasteiger charge is 2.50. The summed E-state index contributed by atoms with van der Waals surface area (Å²) in [6.07, 6.45) is 4.79. The fraction of sp³-hybridized carbons (Fsp3) is 0.611. The first-order valence-corrected chi connectivity index (χ1v) is 7.77. The summed E-state index contributed by atoms with van der Waals surface area (Å²) < 4.78 is 5.17. The van der Waals surface area contributed by atoms with Crippen LogP contribution >= 0.6 is 0 Å². The minimum Gasteiger partial charge on any atom is -0.497 e. The molecule has 0 spiro atoms. The van der Waals surface area contributed by atoms with Gasteiger partial charge in [0.1, 0.15) is 11.4 Å². The smallest absolute Gasteiger partial charge is 0.118 e. The van der Waals surface area contributed by atoms with E-state index in [2.05, 4.69) is 13.0 Å². The Morgan fingerprint density at radius 3 is 2.62 bits per heavy atom. The molecule has 21 heavy (non-hydrogen) atoms. The molecule has 0 bridgehead atoms. The van der Waals surface area contributed by atoms with Crippen molar-refractivity contribution < 1.29 is 9.84 Å². The quantitative estimate of drug-likeness (QED) is 0.910. The summed E-state index contributed by atoms with van der Waals surface area (Å²) in [5.41, 5.74) is -1.04. The van der Waals surface area contributed by atoms with Crippen LogP contribution in [0.5, 0.6) is 5.75 Å². The van der Waals surface area contributed by atoms with E-state index in [1.807, 2.05) is 24.3 Å². The highest BCUT2D eigenvalue weighted by molar-refractivity contribution is 5.34. The van der Waals surface area contributed by atoms with Crippen LogP contribution in [0.1, 0.15) is 51.5 Å². The maximum atomic E-state index is 11.2. The van der Waals surface area contributed by atoms with E-state index in [9.17, 15) is 10.4 Å². The summed E-state index contributed by atoms with van der Waals surface area (Å²) in [7, 11) is 1.62. The molecular formula is C18H25NO2. The van der Waals surface area contributed by atoms with Crippen molar-refractivity contribution in [1.82, 2.24) is 0 Å². The van der Waals surface area contributed by atoms with E-state index in [1.54, 1.807) is 14.0 Å². The average Bonchev–Trinajstić information content (AvgIpc) is 2.54. The van der Waals surface area contributed by atoms with E-state index in [-0.39, 0.29) is 0 Å². The molecule has 0 heterocycles. The lowest BCUT2D eigenvalue weighted by Gasteiger charge is -2.45. The van der Waals surface area contributed by atoms with Gasteiger partial charge in [0.2, 0.25) is 0 Å². The Kier molecular flexibility index (Phi) is 4.58. The van der Waals surface area contributed by atoms with Gasteiger partial charge in [0.05, 0.1) is 18.6 Å². The van der Waals surface area contributed by atoms with Crippen molar-refractivity contribution in [2.75, 3.05) is 7.11 Å². The van der Waals surface area contributed by atoms with Gasteiger partial charge in [0.25, 0.3) is 0 Å². The molecule has 0 radical (unpaired) electrons. The number of aliphatic hydroxyl groups is 1. The number of rotatable bonds is 4. The highest BCUT2D eigenvalue weighted by Crippen LogP contribution is 2.51. The Labute approximate surface area is 127 Å². The van der Waals surface area contributed by atoms with Crippen LogP contribution in [0, 0.1) is 22.7 Å². The third-order valence-electron chi connectivity index (χ3n) is 5.23. The number of methoxy groups -OCH3 is 1. The summed E-state index contributed by atoms with van der Waals surface area (Å²) in [5.74, 6) is 1.29. The van der Waals surface area contributed by atoms with Crippen molar-refractivity contribution in [2.24, 2.45) is 11.3 Å². The van der Waals surface area contributed by atoms with E-state index < -0.39 is 11.0 Å². The van der Waals surface area contributed by atoms with Crippen LogP contribution in [-0.4, -0.2) is 12.2 Å². The first-order valence-electron chi connectivity index (χ1n) is 7.77. The van der Waals surface area contributed by atoms with E-state index in [0.717, 1.165) is 37.0 Å². The van der Waals surface area contributed by atoms with Crippen molar-refractivity contribution in [3.05, 3.63) is 29.8 Å². The molecule has 0 aromatic heterocycles. The molecule has 1 fully saturated rings. The zero-order chi connectivity index (χ0) is 15.5. The summed E-state index contributed by atoms with van der Waals surface area (Å²) in [6.45, 7) is 3.95. The SMILES string of the molecule is CCC1CCCC(C#N)(C(C)(O)c2ccc(OC)cc2)C1. The lowest BCUT2D eigenvalue weighted by Crippen LogP contribution is -2.45. The van der Waals surface area contributed by atoms with Gasteiger partial charge in [-0.05, 0) is 43.4 Å². The second-order valence-electron chi connectivity index (χ2n) is 6.37. The van der Waals surface area contributed by atoms with Crippen LogP contribution < -0.4 is 4.74 Å². The lowest BCUT2D eigenvalue weighted by molar-refractivity contribution is -0.0738. The third kappa shape index (κ3) is 2.78. The van der Waals surface area contributed by atoms with Crippen LogP contribution in [0.4, 0.5) is 0 Å². The van der Waals surface area contributed by atoms with Crippen molar-refractivity contribution in [3.8, 4) is 11.8 Å². The molecule has 1 aromatic carbocycles. The molecule has 114 valence electrons. The van der Waals surface area contributed by atoms with Gasteiger partial charge in [-0.2, -0.15) is 5.26 Å². The molecular weight excluding hydrogens is 262 g/mol. The molecule has 1 N–H and O–H groups in total. The van der Waals surface area contributed by atoms with Crippen LogP contribution in [-0.2, 0) is 5.60 Å². The lowest BCUT2D eigenvalue weighted by atomic mass is 9.59. The molecule has 2 rings (SSSR count). The van der Waals surface area contributed by atoms with Gasteiger partial charge >= 0.3 is 0 Å². The predicted molar refractivity (Wildman–Crippen MR) is 82.9 cm³/mol. The number of benzene rings is 1. The number of nitriles is 1. The van der Waals surface area contributed by atoms with Gasteiger partial charge in [-0.1, -0.05) is 38.3 Å². The molecule has 3 nitrogen and oxygen atoms in total. The summed E-state index contributed by atoms with van der Waals surface area (Å²) in [4.78, 5) is 0. The molecule has 0 amide bonds. The van der Waals surface area contributed by atoms with E-state index in [1.165, 1.54) is 6.42 Å². The van der Waals surface area contributed by atoms with Gasteiger partial charge in [-0.25, -0.2) is 0 Å². The Morgan fingerprint density at radius 2 is 2.10 bits per heavy atom. The topological polar surface area (TPSA) is 53.2 Å². The van der Waals surface area contributed by atoms with E-state index in [4.69, 9.17) is 4.74 Å². The molecule has 1 aliphatic carbocycles. The van der Waals surface area contributed by atoms with E-state index in [0.29, 0.717) is 5.92 Å². The number of hydrogen-bond acceptors (Lipinski definition) is 3. The molecule has 1 aliphatic rings. The summed E-state index contributed by atoms with van der Waals surface area (Å²) in [5, 5.41) is 21.0. The second kappa shape index (κ2) is 6.07. The molecule has 3 atom stereocenters. The Balaban J connectivity index is 2.36. The van der Waals surface area contributed by atoms with Crippen molar-refractivity contribution in [2.45, 2.75) is 51.6 Å². The molecule has 1 saturated carbocycles. The van der Waals surface area contributed by atoms with Gasteiger partial charge in [-0.15, -0.1) is 0 Å². The minimum absolute atomic E-state index is 0.531. The van der Waals surface area contributed by atoms with Crippen LogP contribution in [0.3, 0.4) is 0 Å². The highest BCUT2D eigenvalue weighted by atomic mass is 16.5. The van der Waals surface area contributed by atoms with Gasteiger partial charge in [0, 0.05) is 0 Å².